The number of nitrogens with one attached hydrogen (secondary N) is 2. The van der Waals surface area contributed by atoms with Crippen LogP contribution in [0.3, 0.4) is 0 Å². The van der Waals surface area contributed by atoms with Crippen molar-refractivity contribution < 1.29 is 0 Å². The monoisotopic (exact) mass is 210 g/mol. The van der Waals surface area contributed by atoms with Gasteiger partial charge >= 0.3 is 0 Å². The summed E-state index contributed by atoms with van der Waals surface area (Å²) >= 11 is 0. The lowest BCUT2D eigenvalue weighted by molar-refractivity contribution is 0.238. The van der Waals surface area contributed by atoms with Crippen LogP contribution >= 0.6 is 0 Å². The summed E-state index contributed by atoms with van der Waals surface area (Å²) in [5, 5.41) is 7.05. The predicted molar refractivity (Wildman–Crippen MR) is 65.0 cm³/mol. The fourth-order valence-corrected chi connectivity index (χ4v) is 2.67. The third kappa shape index (κ3) is 2.94. The molecule has 1 saturated heterocycles. The average molecular weight is 210 g/mol. The highest BCUT2D eigenvalue weighted by atomic mass is 15.0. The van der Waals surface area contributed by atoms with Crippen molar-refractivity contribution in [3.63, 3.8) is 0 Å². The lowest BCUT2D eigenvalue weighted by Crippen LogP contribution is -2.48. The molecule has 88 valence electrons. The smallest absolute Gasteiger partial charge is 0.000793 e. The van der Waals surface area contributed by atoms with Crippen LogP contribution in [0.4, 0.5) is 0 Å². The minimum absolute atomic E-state index is 0.715. The Kier molecular flexibility index (Phi) is 3.68. The van der Waals surface area contributed by atoms with Gasteiger partial charge < -0.3 is 10.6 Å². The van der Waals surface area contributed by atoms with Crippen LogP contribution in [-0.2, 0) is 0 Å². The van der Waals surface area contributed by atoms with E-state index in [0.29, 0.717) is 5.41 Å². The van der Waals surface area contributed by atoms with Crippen LogP contribution in [0, 0.1) is 17.3 Å². The third-order valence-electron chi connectivity index (χ3n) is 4.32. The first-order valence-electron chi connectivity index (χ1n) is 6.67. The van der Waals surface area contributed by atoms with Gasteiger partial charge in [-0.15, -0.1) is 0 Å². The second-order valence-corrected chi connectivity index (χ2v) is 5.78. The molecule has 2 fully saturated rings. The van der Waals surface area contributed by atoms with Crippen molar-refractivity contribution in [2.45, 2.75) is 39.5 Å². The average Bonchev–Trinajstić information content (AvgIpc) is 2.82. The second kappa shape index (κ2) is 4.84. The Morgan fingerprint density at radius 3 is 2.60 bits per heavy atom. The maximum atomic E-state index is 3.69. The molecule has 2 N–H and O–H groups in total. The highest BCUT2D eigenvalue weighted by Crippen LogP contribution is 2.48. The zero-order valence-electron chi connectivity index (χ0n) is 10.3. The topological polar surface area (TPSA) is 24.1 Å². The van der Waals surface area contributed by atoms with Gasteiger partial charge in [-0.2, -0.15) is 0 Å². The van der Waals surface area contributed by atoms with Crippen molar-refractivity contribution in [1.82, 2.24) is 10.6 Å². The van der Waals surface area contributed by atoms with Crippen LogP contribution in [0.15, 0.2) is 0 Å². The van der Waals surface area contributed by atoms with Gasteiger partial charge in [-0.3, -0.25) is 0 Å². The van der Waals surface area contributed by atoms with E-state index in [0.717, 1.165) is 11.8 Å². The summed E-state index contributed by atoms with van der Waals surface area (Å²) in [6.45, 7) is 9.66. The lowest BCUT2D eigenvalue weighted by Gasteiger charge is -2.33. The van der Waals surface area contributed by atoms with Gasteiger partial charge in [0.25, 0.3) is 0 Å². The van der Waals surface area contributed by atoms with E-state index in [2.05, 4.69) is 24.5 Å². The normalized spacial score (nSPS) is 26.0. The summed E-state index contributed by atoms with van der Waals surface area (Å²) < 4.78 is 0. The summed E-state index contributed by atoms with van der Waals surface area (Å²) in [7, 11) is 0. The van der Waals surface area contributed by atoms with E-state index < -0.39 is 0 Å². The molecule has 1 aliphatic heterocycles. The molecule has 0 aromatic carbocycles. The molecule has 2 heteroatoms. The first-order chi connectivity index (χ1) is 7.26. The zero-order valence-corrected chi connectivity index (χ0v) is 10.3. The molecule has 1 aliphatic carbocycles. The van der Waals surface area contributed by atoms with E-state index >= 15 is 0 Å². The van der Waals surface area contributed by atoms with Crippen LogP contribution in [0.1, 0.15) is 39.5 Å². The fourth-order valence-electron chi connectivity index (χ4n) is 2.67. The fraction of sp³-hybridized carbons (Fsp3) is 1.00. The Labute approximate surface area is 94.2 Å². The molecule has 0 aromatic rings. The maximum Gasteiger partial charge on any atom is 0.000793 e. The van der Waals surface area contributed by atoms with E-state index in [9.17, 15) is 0 Å². The Balaban J connectivity index is 1.57. The van der Waals surface area contributed by atoms with E-state index in [4.69, 9.17) is 0 Å². The highest BCUT2D eigenvalue weighted by Gasteiger charge is 2.40. The quantitative estimate of drug-likeness (QED) is 0.672. The molecule has 2 aliphatic rings. The zero-order chi connectivity index (χ0) is 10.7. The van der Waals surface area contributed by atoms with Gasteiger partial charge in [-0.25, -0.2) is 0 Å². The van der Waals surface area contributed by atoms with Gasteiger partial charge in [0, 0.05) is 6.54 Å². The molecule has 1 heterocycles. The molecule has 1 saturated carbocycles. The van der Waals surface area contributed by atoms with Crippen LogP contribution in [0.2, 0.25) is 0 Å². The summed E-state index contributed by atoms with van der Waals surface area (Å²) in [5.74, 6) is 1.78. The molecule has 2 rings (SSSR count). The molecule has 2 nitrogen and oxygen atoms in total. The molecule has 0 bridgehead atoms. The Bertz CT molecular complexity index is 195. The minimum Gasteiger partial charge on any atom is -0.316 e. The second-order valence-electron chi connectivity index (χ2n) is 5.78. The standard InChI is InChI=1S/C13H26N2/c1-3-4-13(5-6-13)10-15-7-11(2)12-8-14-9-12/h11-12,14-15H,3-10H2,1-2H3. The van der Waals surface area contributed by atoms with Crippen LogP contribution in [0.25, 0.3) is 0 Å². The van der Waals surface area contributed by atoms with Crippen molar-refractivity contribution in [3.05, 3.63) is 0 Å². The highest BCUT2D eigenvalue weighted by molar-refractivity contribution is 4.94. The summed E-state index contributed by atoms with van der Waals surface area (Å²) in [6.07, 6.45) is 5.71. The van der Waals surface area contributed by atoms with Crippen molar-refractivity contribution in [2.24, 2.45) is 17.3 Å². The minimum atomic E-state index is 0.715. The van der Waals surface area contributed by atoms with E-state index in [1.807, 2.05) is 0 Å². The number of hydrogen-bond donors (Lipinski definition) is 2. The van der Waals surface area contributed by atoms with Gasteiger partial charge in [0.15, 0.2) is 0 Å². The van der Waals surface area contributed by atoms with Gasteiger partial charge in [0.1, 0.15) is 0 Å². The van der Waals surface area contributed by atoms with Gasteiger partial charge in [0.2, 0.25) is 0 Å². The van der Waals surface area contributed by atoms with Crippen LogP contribution in [-0.4, -0.2) is 26.2 Å². The molecule has 0 aromatic heterocycles. The van der Waals surface area contributed by atoms with Crippen molar-refractivity contribution in [2.75, 3.05) is 26.2 Å². The van der Waals surface area contributed by atoms with E-state index in [1.54, 1.807) is 0 Å². The Morgan fingerprint density at radius 1 is 1.40 bits per heavy atom. The van der Waals surface area contributed by atoms with Crippen LogP contribution < -0.4 is 10.6 Å². The third-order valence-corrected chi connectivity index (χ3v) is 4.32. The Hall–Kier alpha value is -0.0800. The van der Waals surface area contributed by atoms with Crippen molar-refractivity contribution >= 4 is 0 Å². The molecule has 15 heavy (non-hydrogen) atoms. The first-order valence-corrected chi connectivity index (χ1v) is 6.67. The van der Waals surface area contributed by atoms with E-state index in [-0.39, 0.29) is 0 Å². The summed E-state index contributed by atoms with van der Waals surface area (Å²) in [4.78, 5) is 0. The summed E-state index contributed by atoms with van der Waals surface area (Å²) in [6, 6.07) is 0. The van der Waals surface area contributed by atoms with Gasteiger partial charge in [0.05, 0.1) is 0 Å². The lowest BCUT2D eigenvalue weighted by atomic mass is 9.89. The molecule has 0 radical (unpaired) electrons. The summed E-state index contributed by atoms with van der Waals surface area (Å²) in [5.41, 5.74) is 0.715. The van der Waals surface area contributed by atoms with Gasteiger partial charge in [-0.05, 0) is 56.1 Å². The number of rotatable bonds is 7. The van der Waals surface area contributed by atoms with Gasteiger partial charge in [-0.1, -0.05) is 20.3 Å². The molecule has 1 atom stereocenters. The molecular formula is C13H26N2. The maximum absolute atomic E-state index is 3.69. The molecular weight excluding hydrogens is 184 g/mol. The first kappa shape index (κ1) is 11.4. The van der Waals surface area contributed by atoms with Crippen molar-refractivity contribution in [1.29, 1.82) is 0 Å². The molecule has 0 amide bonds. The molecule has 0 spiro atoms. The largest absolute Gasteiger partial charge is 0.316 e. The number of hydrogen-bond acceptors (Lipinski definition) is 2. The SMILES string of the molecule is CCCC1(CNCC(C)C2CNC2)CC1. The van der Waals surface area contributed by atoms with Crippen molar-refractivity contribution in [3.8, 4) is 0 Å². The van der Waals surface area contributed by atoms with Crippen LogP contribution in [0.5, 0.6) is 0 Å². The predicted octanol–water partition coefficient (Wildman–Crippen LogP) is 2.01. The Morgan fingerprint density at radius 2 is 2.13 bits per heavy atom. The molecule has 1 unspecified atom stereocenters. The van der Waals surface area contributed by atoms with E-state index in [1.165, 1.54) is 51.9 Å².